The van der Waals surface area contributed by atoms with E-state index in [1.54, 1.807) is 19.2 Å². The second kappa shape index (κ2) is 9.99. The van der Waals surface area contributed by atoms with Crippen LogP contribution in [0.25, 0.3) is 11.3 Å². The molecule has 2 aromatic heterocycles. The first kappa shape index (κ1) is 20.9. The number of anilines is 1. The van der Waals surface area contributed by atoms with E-state index in [-0.39, 0.29) is 6.04 Å². The fourth-order valence-corrected chi connectivity index (χ4v) is 2.43. The second-order valence-electron chi connectivity index (χ2n) is 5.43. The molecule has 0 aliphatic rings. The van der Waals surface area contributed by atoms with Crippen LogP contribution in [0, 0.1) is 5.41 Å². The molecule has 2 rings (SSSR count). The number of hydrogen-bond acceptors (Lipinski definition) is 5. The summed E-state index contributed by atoms with van der Waals surface area (Å²) in [6.07, 6.45) is 1.67. The van der Waals surface area contributed by atoms with E-state index in [4.69, 9.17) is 21.7 Å². The molecule has 0 amide bonds. The number of halogens is 1. The van der Waals surface area contributed by atoms with Crippen LogP contribution in [-0.2, 0) is 0 Å². The van der Waals surface area contributed by atoms with Crippen molar-refractivity contribution in [2.45, 2.75) is 47.6 Å². The van der Waals surface area contributed by atoms with Gasteiger partial charge in [-0.2, -0.15) is 0 Å². The molecule has 0 saturated heterocycles. The summed E-state index contributed by atoms with van der Waals surface area (Å²) in [5.74, 6) is 0.511. The zero-order chi connectivity index (χ0) is 19.0. The number of nitrogens with zero attached hydrogens (tertiary/aromatic N) is 2. The summed E-state index contributed by atoms with van der Waals surface area (Å²) in [5.41, 5.74) is 2.96. The van der Waals surface area contributed by atoms with Crippen LogP contribution in [0.2, 0.25) is 5.02 Å². The normalized spacial score (nSPS) is 10.1. The van der Waals surface area contributed by atoms with Crippen LogP contribution >= 0.6 is 11.6 Å². The highest BCUT2D eigenvalue weighted by molar-refractivity contribution is 6.34. The minimum atomic E-state index is 0.190. The lowest BCUT2D eigenvalue weighted by Crippen LogP contribution is -2.15. The van der Waals surface area contributed by atoms with E-state index in [1.807, 2.05) is 46.8 Å². The van der Waals surface area contributed by atoms with Crippen LogP contribution in [0.4, 0.5) is 5.69 Å². The molecule has 0 fully saturated rings. The van der Waals surface area contributed by atoms with E-state index in [2.05, 4.69) is 15.3 Å². The predicted molar refractivity (Wildman–Crippen MR) is 106 cm³/mol. The lowest BCUT2D eigenvalue weighted by Gasteiger charge is -2.17. The maximum Gasteiger partial charge on any atom is 0.222 e. The minimum absolute atomic E-state index is 0.190. The third-order valence-corrected chi connectivity index (χ3v) is 3.39. The lowest BCUT2D eigenvalue weighted by atomic mass is 10.1. The Bertz CT molecular complexity index is 717. The van der Waals surface area contributed by atoms with Gasteiger partial charge in [-0.15, -0.1) is 0 Å². The fraction of sp³-hybridized carbons (Fsp3) is 0.421. The van der Waals surface area contributed by atoms with Crippen molar-refractivity contribution in [3.05, 3.63) is 35.1 Å². The number of aromatic nitrogens is 2. The molecule has 0 saturated carbocycles. The molecule has 6 heteroatoms. The largest absolute Gasteiger partial charge is 0.477 e. The molecule has 0 aliphatic heterocycles. The third kappa shape index (κ3) is 5.43. The molecular weight excluding hydrogens is 336 g/mol. The van der Waals surface area contributed by atoms with Gasteiger partial charge in [0.2, 0.25) is 5.88 Å². The molecule has 0 bridgehead atoms. The molecule has 0 radical (unpaired) electrons. The van der Waals surface area contributed by atoms with Gasteiger partial charge in [-0.1, -0.05) is 25.4 Å². The summed E-state index contributed by atoms with van der Waals surface area (Å²) in [7, 11) is 0. The van der Waals surface area contributed by atoms with E-state index in [9.17, 15) is 0 Å². The smallest absolute Gasteiger partial charge is 0.222 e. The maximum atomic E-state index is 8.00. The zero-order valence-corrected chi connectivity index (χ0v) is 16.5. The van der Waals surface area contributed by atoms with Gasteiger partial charge in [-0.05, 0) is 45.9 Å². The summed E-state index contributed by atoms with van der Waals surface area (Å²) in [6.45, 7) is 12.1. The van der Waals surface area contributed by atoms with E-state index < -0.39 is 0 Å². The minimum Gasteiger partial charge on any atom is -0.477 e. The average molecular weight is 363 g/mol. The molecule has 2 heterocycles. The molecule has 2 N–H and O–H groups in total. The topological polar surface area (TPSA) is 70.9 Å². The van der Waals surface area contributed by atoms with Crippen LogP contribution in [0.3, 0.4) is 0 Å². The number of pyridine rings is 2. The quantitative estimate of drug-likeness (QED) is 0.672. The Labute approximate surface area is 155 Å². The maximum absolute atomic E-state index is 8.00. The van der Waals surface area contributed by atoms with Crippen molar-refractivity contribution in [2.75, 3.05) is 11.9 Å². The standard InChI is InChI=1S/C17H21ClN4O.C2H6/c1-5-23-17-12(7-6-8-20-17)14-9-13(18)16(21-10(2)3)15(22-14)11(4)19;1-2/h6-10,19,21H,5H2,1-4H3;1-2H3. The Balaban J connectivity index is 0.00000151. The summed E-state index contributed by atoms with van der Waals surface area (Å²) in [4.78, 5) is 8.85. The van der Waals surface area contributed by atoms with Crippen molar-refractivity contribution in [1.82, 2.24) is 9.97 Å². The number of nitrogens with one attached hydrogen (secondary N) is 2. The first-order chi connectivity index (χ1) is 11.9. The molecule has 2 aromatic rings. The molecule has 136 valence electrons. The average Bonchev–Trinajstić information content (AvgIpc) is 2.58. The van der Waals surface area contributed by atoms with Crippen LogP contribution in [0.5, 0.6) is 5.88 Å². The van der Waals surface area contributed by atoms with E-state index in [0.29, 0.717) is 40.3 Å². The van der Waals surface area contributed by atoms with Crippen molar-refractivity contribution < 1.29 is 4.74 Å². The Morgan fingerprint density at radius 3 is 2.60 bits per heavy atom. The molecule has 5 nitrogen and oxygen atoms in total. The van der Waals surface area contributed by atoms with Gasteiger partial charge in [-0.3, -0.25) is 0 Å². The summed E-state index contributed by atoms with van der Waals surface area (Å²) >= 11 is 6.44. The molecule has 0 aromatic carbocycles. The van der Waals surface area contributed by atoms with E-state index in [0.717, 1.165) is 5.56 Å². The van der Waals surface area contributed by atoms with Crippen LogP contribution in [0.15, 0.2) is 24.4 Å². The molecule has 0 atom stereocenters. The number of rotatable bonds is 6. The Morgan fingerprint density at radius 2 is 2.04 bits per heavy atom. The number of hydrogen-bond donors (Lipinski definition) is 2. The first-order valence-corrected chi connectivity index (χ1v) is 8.92. The lowest BCUT2D eigenvalue weighted by molar-refractivity contribution is 0.328. The number of ether oxygens (including phenoxy) is 1. The Kier molecular flexibility index (Phi) is 8.35. The van der Waals surface area contributed by atoms with Crippen molar-refractivity contribution in [3.63, 3.8) is 0 Å². The molecular formula is C19H27ClN4O. The fourth-order valence-electron chi connectivity index (χ4n) is 2.19. The van der Waals surface area contributed by atoms with E-state index >= 15 is 0 Å². The molecule has 25 heavy (non-hydrogen) atoms. The van der Waals surface area contributed by atoms with Gasteiger partial charge >= 0.3 is 0 Å². The van der Waals surface area contributed by atoms with Crippen molar-refractivity contribution >= 4 is 23.0 Å². The first-order valence-electron chi connectivity index (χ1n) is 8.54. The zero-order valence-electron chi connectivity index (χ0n) is 15.8. The molecule has 0 aliphatic carbocycles. The SMILES string of the molecule is CC.CCOc1ncccc1-c1cc(Cl)c(NC(C)C)c(C(C)=N)n1. The van der Waals surface area contributed by atoms with Crippen LogP contribution in [0.1, 0.15) is 47.2 Å². The van der Waals surface area contributed by atoms with Gasteiger partial charge in [0.1, 0.15) is 5.69 Å². The van der Waals surface area contributed by atoms with E-state index in [1.165, 1.54) is 0 Å². The Morgan fingerprint density at radius 1 is 1.36 bits per heavy atom. The predicted octanol–water partition coefficient (Wildman–Crippen LogP) is 5.43. The highest BCUT2D eigenvalue weighted by Gasteiger charge is 2.17. The Hall–Kier alpha value is -2.14. The summed E-state index contributed by atoms with van der Waals surface area (Å²) in [5, 5.41) is 11.8. The van der Waals surface area contributed by atoms with Crippen molar-refractivity contribution in [1.29, 1.82) is 5.41 Å². The highest BCUT2D eigenvalue weighted by Crippen LogP contribution is 2.33. The molecule has 0 unspecified atom stereocenters. The second-order valence-corrected chi connectivity index (χ2v) is 5.83. The van der Waals surface area contributed by atoms with Gasteiger partial charge in [0.25, 0.3) is 0 Å². The van der Waals surface area contributed by atoms with Gasteiger partial charge in [0, 0.05) is 12.2 Å². The van der Waals surface area contributed by atoms with Gasteiger partial charge < -0.3 is 15.5 Å². The van der Waals surface area contributed by atoms with Crippen molar-refractivity contribution in [2.24, 2.45) is 0 Å². The van der Waals surface area contributed by atoms with Gasteiger partial charge in [-0.25, -0.2) is 9.97 Å². The van der Waals surface area contributed by atoms with Crippen molar-refractivity contribution in [3.8, 4) is 17.1 Å². The summed E-state index contributed by atoms with van der Waals surface area (Å²) < 4.78 is 5.56. The van der Waals surface area contributed by atoms with Gasteiger partial charge in [0.15, 0.2) is 0 Å². The van der Waals surface area contributed by atoms with Crippen LogP contribution < -0.4 is 10.1 Å². The van der Waals surface area contributed by atoms with Gasteiger partial charge in [0.05, 0.1) is 34.3 Å². The highest BCUT2D eigenvalue weighted by atomic mass is 35.5. The molecule has 0 spiro atoms. The third-order valence-electron chi connectivity index (χ3n) is 3.09. The van der Waals surface area contributed by atoms with Crippen LogP contribution in [-0.4, -0.2) is 28.3 Å². The summed E-state index contributed by atoms with van der Waals surface area (Å²) in [6, 6.07) is 5.67. The monoisotopic (exact) mass is 362 g/mol.